The first-order valence-corrected chi connectivity index (χ1v) is 5.63. The summed E-state index contributed by atoms with van der Waals surface area (Å²) in [5.41, 5.74) is 8.88. The Hall–Kier alpha value is -1.32. The smallest absolute Gasteiger partial charge is 0.0925 e. The number of benzene rings is 1. The number of halogens is 1. The normalized spacial score (nSPS) is 10.6. The molecule has 0 saturated carbocycles. The number of nitrogens with one attached hydrogen (secondary N) is 1. The summed E-state index contributed by atoms with van der Waals surface area (Å²) in [6.45, 7) is 0.505. The summed E-state index contributed by atoms with van der Waals surface area (Å²) in [6.07, 6.45) is 3.50. The van der Waals surface area contributed by atoms with Crippen LogP contribution in [0.3, 0.4) is 0 Å². The fraction of sp³-hybridized carbons (Fsp3) is 0.250. The van der Waals surface area contributed by atoms with Crippen LogP contribution in [0.15, 0.2) is 30.6 Å². The minimum absolute atomic E-state index is 0.505. The van der Waals surface area contributed by atoms with Crippen LogP contribution in [-0.2, 0) is 19.4 Å². The number of imidazole rings is 1. The van der Waals surface area contributed by atoms with Gasteiger partial charge in [-0.2, -0.15) is 0 Å². The molecular weight excluding hydrogens is 222 g/mol. The molecule has 3 nitrogen and oxygen atoms in total. The monoisotopic (exact) mass is 235 g/mol. The van der Waals surface area contributed by atoms with E-state index in [1.54, 1.807) is 6.33 Å². The Morgan fingerprint density at radius 3 is 2.94 bits per heavy atom. The van der Waals surface area contributed by atoms with E-state index in [1.807, 2.05) is 18.2 Å². The summed E-state index contributed by atoms with van der Waals surface area (Å²) in [6, 6.07) is 7.90. The van der Waals surface area contributed by atoms with Crippen molar-refractivity contribution in [1.29, 1.82) is 0 Å². The number of nitrogens with zero attached hydrogens (tertiary/aromatic N) is 1. The van der Waals surface area contributed by atoms with Gasteiger partial charge in [-0.05, 0) is 30.5 Å². The zero-order chi connectivity index (χ0) is 11.4. The van der Waals surface area contributed by atoms with Gasteiger partial charge in [-0.25, -0.2) is 4.98 Å². The van der Waals surface area contributed by atoms with Gasteiger partial charge in [0.1, 0.15) is 0 Å². The molecule has 0 aliphatic heterocycles. The first-order valence-electron chi connectivity index (χ1n) is 5.25. The van der Waals surface area contributed by atoms with Crippen LogP contribution >= 0.6 is 11.6 Å². The van der Waals surface area contributed by atoms with Crippen molar-refractivity contribution in [2.24, 2.45) is 5.73 Å². The van der Waals surface area contributed by atoms with Crippen molar-refractivity contribution in [3.05, 3.63) is 52.6 Å². The molecule has 0 atom stereocenters. The third kappa shape index (κ3) is 2.62. The van der Waals surface area contributed by atoms with Crippen molar-refractivity contribution in [1.82, 2.24) is 9.97 Å². The Kier molecular flexibility index (Phi) is 3.59. The molecule has 0 radical (unpaired) electrons. The molecule has 0 amide bonds. The number of rotatable bonds is 4. The zero-order valence-electron chi connectivity index (χ0n) is 8.91. The first-order chi connectivity index (χ1) is 7.79. The Bertz CT molecular complexity index is 465. The molecule has 0 fully saturated rings. The second-order valence-electron chi connectivity index (χ2n) is 3.66. The first kappa shape index (κ1) is 11.2. The maximum absolute atomic E-state index is 5.92. The average molecular weight is 236 g/mol. The topological polar surface area (TPSA) is 54.7 Å². The second kappa shape index (κ2) is 5.14. The van der Waals surface area contributed by atoms with E-state index < -0.39 is 0 Å². The molecule has 0 saturated heterocycles. The molecule has 1 aromatic carbocycles. The number of aromatic amines is 1. The highest BCUT2D eigenvalue weighted by atomic mass is 35.5. The fourth-order valence-electron chi connectivity index (χ4n) is 1.70. The molecule has 84 valence electrons. The van der Waals surface area contributed by atoms with Crippen LogP contribution in [0.2, 0.25) is 5.02 Å². The van der Waals surface area contributed by atoms with Gasteiger partial charge in [-0.3, -0.25) is 0 Å². The van der Waals surface area contributed by atoms with Gasteiger partial charge in [0.2, 0.25) is 0 Å². The highest BCUT2D eigenvalue weighted by molar-refractivity contribution is 6.30. The number of nitrogens with two attached hydrogens (primary N) is 1. The molecule has 0 aliphatic carbocycles. The van der Waals surface area contributed by atoms with Gasteiger partial charge in [-0.1, -0.05) is 23.7 Å². The molecular formula is C12H14ClN3. The van der Waals surface area contributed by atoms with Crippen molar-refractivity contribution in [2.75, 3.05) is 0 Å². The molecule has 1 aromatic heterocycles. The zero-order valence-corrected chi connectivity index (χ0v) is 9.67. The van der Waals surface area contributed by atoms with Gasteiger partial charge in [0.25, 0.3) is 0 Å². The lowest BCUT2D eigenvalue weighted by Gasteiger charge is -2.02. The molecule has 0 spiro atoms. The van der Waals surface area contributed by atoms with Gasteiger partial charge in [0.05, 0.1) is 17.7 Å². The minimum atomic E-state index is 0.505. The summed E-state index contributed by atoms with van der Waals surface area (Å²) in [5.74, 6) is 0. The number of hydrogen-bond acceptors (Lipinski definition) is 2. The highest BCUT2D eigenvalue weighted by Crippen LogP contribution is 2.13. The Morgan fingerprint density at radius 2 is 2.19 bits per heavy atom. The van der Waals surface area contributed by atoms with Crippen LogP contribution in [0.1, 0.15) is 17.0 Å². The van der Waals surface area contributed by atoms with E-state index in [2.05, 4.69) is 16.0 Å². The lowest BCUT2D eigenvalue weighted by molar-refractivity contribution is 0.885. The van der Waals surface area contributed by atoms with Crippen LogP contribution in [0.4, 0.5) is 0 Å². The molecule has 0 unspecified atom stereocenters. The highest BCUT2D eigenvalue weighted by Gasteiger charge is 2.04. The van der Waals surface area contributed by atoms with Crippen LogP contribution in [0.25, 0.3) is 0 Å². The van der Waals surface area contributed by atoms with Gasteiger partial charge >= 0.3 is 0 Å². The number of H-pyrrole nitrogens is 1. The van der Waals surface area contributed by atoms with Gasteiger partial charge < -0.3 is 10.7 Å². The Labute approximate surface area is 99.7 Å². The predicted octanol–water partition coefficient (Wildman–Crippen LogP) is 2.31. The van der Waals surface area contributed by atoms with Crippen LogP contribution in [0.5, 0.6) is 0 Å². The van der Waals surface area contributed by atoms with Crippen LogP contribution in [-0.4, -0.2) is 9.97 Å². The third-order valence-electron chi connectivity index (χ3n) is 2.55. The average Bonchev–Trinajstić information content (AvgIpc) is 2.74. The van der Waals surface area contributed by atoms with Crippen molar-refractivity contribution >= 4 is 11.6 Å². The summed E-state index contributed by atoms with van der Waals surface area (Å²) in [5, 5.41) is 0.776. The van der Waals surface area contributed by atoms with Gasteiger partial charge in [0.15, 0.2) is 0 Å². The standard InChI is InChI=1S/C12H14ClN3/c13-10-3-1-2-9(6-10)4-5-11-12(7-14)16-8-15-11/h1-3,6,8H,4-5,7,14H2,(H,15,16). The van der Waals surface area contributed by atoms with Crippen molar-refractivity contribution < 1.29 is 0 Å². The minimum Gasteiger partial charge on any atom is -0.347 e. The maximum atomic E-state index is 5.92. The number of aromatic nitrogens is 2. The number of hydrogen-bond donors (Lipinski definition) is 2. The van der Waals surface area contributed by atoms with Gasteiger partial charge in [-0.15, -0.1) is 0 Å². The molecule has 1 heterocycles. The second-order valence-corrected chi connectivity index (χ2v) is 4.10. The quantitative estimate of drug-likeness (QED) is 0.855. The third-order valence-corrected chi connectivity index (χ3v) is 2.79. The van der Waals surface area contributed by atoms with Crippen molar-refractivity contribution in [2.45, 2.75) is 19.4 Å². The van der Waals surface area contributed by atoms with Crippen molar-refractivity contribution in [3.63, 3.8) is 0 Å². The summed E-state index contributed by atoms with van der Waals surface area (Å²) in [4.78, 5) is 7.30. The van der Waals surface area contributed by atoms with E-state index in [9.17, 15) is 0 Å². The molecule has 2 aromatic rings. The summed E-state index contributed by atoms with van der Waals surface area (Å²) in [7, 11) is 0. The van der Waals surface area contributed by atoms with E-state index in [0.29, 0.717) is 6.54 Å². The maximum Gasteiger partial charge on any atom is 0.0925 e. The molecule has 4 heteroatoms. The van der Waals surface area contributed by atoms with E-state index in [1.165, 1.54) is 5.56 Å². The SMILES string of the molecule is NCc1[nH]cnc1CCc1cccc(Cl)c1. The van der Waals surface area contributed by atoms with E-state index in [-0.39, 0.29) is 0 Å². The Balaban J connectivity index is 2.02. The predicted molar refractivity (Wildman–Crippen MR) is 65.3 cm³/mol. The lowest BCUT2D eigenvalue weighted by Crippen LogP contribution is -2.02. The number of aryl methyl sites for hydroxylation is 2. The molecule has 3 N–H and O–H groups in total. The molecule has 0 aliphatic rings. The Morgan fingerprint density at radius 1 is 1.31 bits per heavy atom. The van der Waals surface area contributed by atoms with E-state index >= 15 is 0 Å². The van der Waals surface area contributed by atoms with E-state index in [4.69, 9.17) is 17.3 Å². The van der Waals surface area contributed by atoms with Crippen molar-refractivity contribution in [3.8, 4) is 0 Å². The molecule has 2 rings (SSSR count). The van der Waals surface area contributed by atoms with E-state index in [0.717, 1.165) is 29.3 Å². The van der Waals surface area contributed by atoms with Crippen LogP contribution < -0.4 is 5.73 Å². The summed E-state index contributed by atoms with van der Waals surface area (Å²) < 4.78 is 0. The summed E-state index contributed by atoms with van der Waals surface area (Å²) >= 11 is 5.92. The molecule has 0 bridgehead atoms. The largest absolute Gasteiger partial charge is 0.347 e. The van der Waals surface area contributed by atoms with Gasteiger partial charge in [0, 0.05) is 11.6 Å². The molecule has 16 heavy (non-hydrogen) atoms. The fourth-order valence-corrected chi connectivity index (χ4v) is 1.91. The van der Waals surface area contributed by atoms with Crippen LogP contribution in [0, 0.1) is 0 Å². The lowest BCUT2D eigenvalue weighted by atomic mass is 10.1.